The van der Waals surface area contributed by atoms with Crippen LogP contribution in [0, 0.1) is 0 Å². The topological polar surface area (TPSA) is 58.9 Å². The van der Waals surface area contributed by atoms with Gasteiger partial charge in [0.1, 0.15) is 0 Å². The highest BCUT2D eigenvalue weighted by Gasteiger charge is 2.03. The minimum atomic E-state index is 0. The first kappa shape index (κ1) is 19.8. The first-order chi connectivity index (χ1) is 10.3. The fraction of sp³-hybridized carbons (Fsp3) is 0.625. The maximum absolute atomic E-state index is 7.00. The SMILES string of the molecule is CCCCCOc1ccccc1OCCCCC.O[B]O. The van der Waals surface area contributed by atoms with Crippen molar-refractivity contribution in [2.75, 3.05) is 13.2 Å². The average molecular weight is 295 g/mol. The Kier molecular flexibility index (Phi) is 14.3. The molecule has 1 radical (unpaired) electrons. The summed E-state index contributed by atoms with van der Waals surface area (Å²) in [6, 6.07) is 7.96. The molecule has 0 atom stereocenters. The maximum Gasteiger partial charge on any atom is 0.482 e. The summed E-state index contributed by atoms with van der Waals surface area (Å²) >= 11 is 0. The molecule has 0 aromatic heterocycles. The molecule has 0 aliphatic carbocycles. The standard InChI is InChI=1S/C16H26O2.BH2O2/c1-3-5-9-13-17-15-11-7-8-12-16(15)18-14-10-6-4-2;2-1-3/h7-8,11-12H,3-6,9-10,13-14H2,1-2H3;2-3H. The van der Waals surface area contributed by atoms with Crippen LogP contribution in [0.5, 0.6) is 11.5 Å². The van der Waals surface area contributed by atoms with Crippen LogP contribution in [0.25, 0.3) is 0 Å². The summed E-state index contributed by atoms with van der Waals surface area (Å²) in [6.07, 6.45) is 7.11. The first-order valence-electron chi connectivity index (χ1n) is 7.74. The summed E-state index contributed by atoms with van der Waals surface area (Å²) in [5.74, 6) is 1.76. The second kappa shape index (κ2) is 15.2. The van der Waals surface area contributed by atoms with Crippen LogP contribution >= 0.6 is 0 Å². The first-order valence-corrected chi connectivity index (χ1v) is 7.74. The summed E-state index contributed by atoms with van der Waals surface area (Å²) in [6.45, 7) is 5.96. The number of ether oxygens (including phenoxy) is 2. The minimum Gasteiger partial charge on any atom is -0.490 e. The van der Waals surface area contributed by atoms with Gasteiger partial charge in [0.05, 0.1) is 13.2 Å². The number of unbranched alkanes of at least 4 members (excludes halogenated alkanes) is 4. The highest BCUT2D eigenvalue weighted by molar-refractivity contribution is 6.13. The van der Waals surface area contributed by atoms with E-state index in [2.05, 4.69) is 13.8 Å². The van der Waals surface area contributed by atoms with Gasteiger partial charge in [-0.05, 0) is 25.0 Å². The summed E-state index contributed by atoms with van der Waals surface area (Å²) in [4.78, 5) is 0. The zero-order valence-corrected chi connectivity index (χ0v) is 13.3. The largest absolute Gasteiger partial charge is 0.490 e. The fourth-order valence-electron chi connectivity index (χ4n) is 1.76. The van der Waals surface area contributed by atoms with Crippen molar-refractivity contribution in [2.45, 2.75) is 52.4 Å². The molecule has 0 fully saturated rings. The average Bonchev–Trinajstić information content (AvgIpc) is 2.50. The number of benzene rings is 1. The second-order valence-corrected chi connectivity index (χ2v) is 4.67. The molecule has 0 spiro atoms. The third kappa shape index (κ3) is 11.2. The van der Waals surface area contributed by atoms with Gasteiger partial charge in [-0.1, -0.05) is 51.7 Å². The molecule has 1 aromatic carbocycles. The lowest BCUT2D eigenvalue weighted by Gasteiger charge is -2.12. The third-order valence-corrected chi connectivity index (χ3v) is 2.86. The van der Waals surface area contributed by atoms with E-state index in [0.29, 0.717) is 0 Å². The van der Waals surface area contributed by atoms with E-state index < -0.39 is 0 Å². The minimum absolute atomic E-state index is 0. The third-order valence-electron chi connectivity index (χ3n) is 2.86. The van der Waals surface area contributed by atoms with Gasteiger partial charge in [-0.3, -0.25) is 0 Å². The molecule has 0 bridgehead atoms. The fourth-order valence-corrected chi connectivity index (χ4v) is 1.76. The normalized spacial score (nSPS) is 9.52. The molecule has 4 nitrogen and oxygen atoms in total. The number of hydrogen-bond donors (Lipinski definition) is 2. The van der Waals surface area contributed by atoms with Crippen LogP contribution in [0.2, 0.25) is 0 Å². The molecule has 1 aromatic rings. The highest BCUT2D eigenvalue weighted by atomic mass is 16.5. The molecule has 0 aliphatic rings. The molecular weight excluding hydrogens is 267 g/mol. The monoisotopic (exact) mass is 295 g/mol. The van der Waals surface area contributed by atoms with Crippen LogP contribution in [0.1, 0.15) is 52.4 Å². The summed E-state index contributed by atoms with van der Waals surface area (Å²) in [5.41, 5.74) is 0. The lowest BCUT2D eigenvalue weighted by atomic mass is 10.2. The number of hydrogen-bond acceptors (Lipinski definition) is 4. The zero-order chi connectivity index (χ0) is 15.8. The Morgan fingerprint density at radius 2 is 1.19 bits per heavy atom. The van der Waals surface area contributed by atoms with E-state index in [4.69, 9.17) is 19.5 Å². The van der Waals surface area contributed by atoms with E-state index in [1.807, 2.05) is 24.3 Å². The van der Waals surface area contributed by atoms with Crippen LogP contribution < -0.4 is 9.47 Å². The summed E-state index contributed by atoms with van der Waals surface area (Å²) < 4.78 is 11.5. The van der Waals surface area contributed by atoms with Gasteiger partial charge in [-0.15, -0.1) is 0 Å². The van der Waals surface area contributed by atoms with Gasteiger partial charge >= 0.3 is 7.69 Å². The van der Waals surface area contributed by atoms with Gasteiger partial charge < -0.3 is 19.5 Å². The van der Waals surface area contributed by atoms with E-state index in [1.54, 1.807) is 0 Å². The molecule has 0 saturated heterocycles. The van der Waals surface area contributed by atoms with Crippen molar-refractivity contribution >= 4 is 7.69 Å². The molecular formula is C16H28BO4. The quantitative estimate of drug-likeness (QED) is 0.513. The van der Waals surface area contributed by atoms with Crippen molar-refractivity contribution in [3.8, 4) is 11.5 Å². The van der Waals surface area contributed by atoms with Gasteiger partial charge in [0.15, 0.2) is 11.5 Å². The Morgan fingerprint density at radius 3 is 1.52 bits per heavy atom. The van der Waals surface area contributed by atoms with Gasteiger partial charge in [-0.2, -0.15) is 0 Å². The van der Waals surface area contributed by atoms with E-state index in [9.17, 15) is 0 Å². The number of para-hydroxylation sites is 2. The highest BCUT2D eigenvalue weighted by Crippen LogP contribution is 2.26. The van der Waals surface area contributed by atoms with Gasteiger partial charge in [0.25, 0.3) is 0 Å². The maximum atomic E-state index is 7.00. The lowest BCUT2D eigenvalue weighted by molar-refractivity contribution is 0.259. The van der Waals surface area contributed by atoms with Crippen molar-refractivity contribution in [1.82, 2.24) is 0 Å². The smallest absolute Gasteiger partial charge is 0.482 e. The molecule has 2 N–H and O–H groups in total. The predicted molar refractivity (Wildman–Crippen MR) is 86.7 cm³/mol. The molecule has 0 amide bonds. The molecule has 119 valence electrons. The van der Waals surface area contributed by atoms with Gasteiger partial charge in [0, 0.05) is 0 Å². The molecule has 0 saturated carbocycles. The van der Waals surface area contributed by atoms with E-state index in [0.717, 1.165) is 37.6 Å². The van der Waals surface area contributed by atoms with Crippen molar-refractivity contribution in [3.63, 3.8) is 0 Å². The van der Waals surface area contributed by atoms with Crippen LogP contribution in [0.15, 0.2) is 24.3 Å². The van der Waals surface area contributed by atoms with Crippen molar-refractivity contribution < 1.29 is 19.5 Å². The molecule has 21 heavy (non-hydrogen) atoms. The number of rotatable bonds is 10. The summed E-state index contributed by atoms with van der Waals surface area (Å²) in [5, 5.41) is 14.0. The molecule has 0 unspecified atom stereocenters. The van der Waals surface area contributed by atoms with Crippen LogP contribution in [0.4, 0.5) is 0 Å². The van der Waals surface area contributed by atoms with Gasteiger partial charge in [-0.25, -0.2) is 0 Å². The van der Waals surface area contributed by atoms with E-state index in [1.165, 1.54) is 25.7 Å². The Hall–Kier alpha value is -1.20. The predicted octanol–water partition coefficient (Wildman–Crippen LogP) is 3.33. The lowest BCUT2D eigenvalue weighted by Crippen LogP contribution is -2.02. The Morgan fingerprint density at radius 1 is 0.810 bits per heavy atom. The van der Waals surface area contributed by atoms with E-state index >= 15 is 0 Å². The molecule has 0 aliphatic heterocycles. The Labute approximate surface area is 129 Å². The molecule has 5 heteroatoms. The second-order valence-electron chi connectivity index (χ2n) is 4.67. The van der Waals surface area contributed by atoms with E-state index in [-0.39, 0.29) is 7.69 Å². The van der Waals surface area contributed by atoms with Crippen molar-refractivity contribution in [1.29, 1.82) is 0 Å². The molecule has 1 rings (SSSR count). The van der Waals surface area contributed by atoms with Crippen molar-refractivity contribution in [2.24, 2.45) is 0 Å². The van der Waals surface area contributed by atoms with Crippen molar-refractivity contribution in [3.05, 3.63) is 24.3 Å². The van der Waals surface area contributed by atoms with Gasteiger partial charge in [0.2, 0.25) is 0 Å². The van der Waals surface area contributed by atoms with Crippen LogP contribution in [-0.2, 0) is 0 Å². The molecule has 0 heterocycles. The Balaban J connectivity index is 0.00000122. The van der Waals surface area contributed by atoms with Crippen LogP contribution in [-0.4, -0.2) is 30.9 Å². The van der Waals surface area contributed by atoms with Crippen LogP contribution in [0.3, 0.4) is 0 Å². The summed E-state index contributed by atoms with van der Waals surface area (Å²) in [7, 11) is 0. The zero-order valence-electron chi connectivity index (χ0n) is 13.3. The Bertz CT molecular complexity index is 303.